The second kappa shape index (κ2) is 4.52. The molecule has 19 heavy (non-hydrogen) atoms. The largest absolute Gasteiger partial charge is 0.365 e. The van der Waals surface area contributed by atoms with Crippen LogP contribution in [-0.2, 0) is 7.05 Å². The average molecular weight is 263 g/mol. The Morgan fingerprint density at radius 3 is 2.32 bits per heavy atom. The first kappa shape index (κ1) is 12.7. The summed E-state index contributed by atoms with van der Waals surface area (Å²) in [6.07, 6.45) is 1.08. The third kappa shape index (κ3) is 2.17. The second-order valence-corrected chi connectivity index (χ2v) is 3.92. The van der Waals surface area contributed by atoms with E-state index in [0.29, 0.717) is 0 Å². The van der Waals surface area contributed by atoms with Crippen LogP contribution >= 0.6 is 0 Å². The number of nitrogens with two attached hydrogens (primary N) is 1. The van der Waals surface area contributed by atoms with Crippen molar-refractivity contribution < 1.29 is 9.18 Å². The normalized spacial score (nSPS) is 10.4. The van der Waals surface area contributed by atoms with Gasteiger partial charge in [-0.25, -0.2) is 13.8 Å². The minimum absolute atomic E-state index is 0.162. The fraction of sp³-hybridized carbons (Fsp3) is 0.0833. The van der Waals surface area contributed by atoms with Gasteiger partial charge in [-0.1, -0.05) is 0 Å². The molecule has 1 amide bonds. The van der Waals surface area contributed by atoms with Gasteiger partial charge in [-0.2, -0.15) is 0 Å². The summed E-state index contributed by atoms with van der Waals surface area (Å²) in [7, 11) is 1.38. The molecule has 0 unspecified atom stereocenters. The molecule has 1 aromatic carbocycles. The predicted molar refractivity (Wildman–Crippen MR) is 65.8 cm³/mol. The highest BCUT2D eigenvalue weighted by Crippen LogP contribution is 2.05. The van der Waals surface area contributed by atoms with Crippen molar-refractivity contribution in [1.82, 2.24) is 9.13 Å². The summed E-state index contributed by atoms with van der Waals surface area (Å²) in [5.41, 5.74) is 3.44. The van der Waals surface area contributed by atoms with Crippen molar-refractivity contribution >= 4 is 5.91 Å². The number of halogens is 1. The third-order valence-corrected chi connectivity index (χ3v) is 2.60. The number of amides is 1. The zero-order chi connectivity index (χ0) is 14.2. The molecule has 2 rings (SSSR count). The standard InChI is InChI=1S/C12H10FN3O3/c1-15-6-9(10(14)17)11(18)16(12(15)19)8-4-2-7(13)3-5-8/h2-6H,1H3,(H2,14,17). The van der Waals surface area contributed by atoms with Crippen molar-refractivity contribution in [2.24, 2.45) is 12.8 Å². The van der Waals surface area contributed by atoms with E-state index in [4.69, 9.17) is 5.73 Å². The van der Waals surface area contributed by atoms with E-state index in [1.54, 1.807) is 0 Å². The topological polar surface area (TPSA) is 87.1 Å². The monoisotopic (exact) mass is 263 g/mol. The quantitative estimate of drug-likeness (QED) is 0.812. The lowest BCUT2D eigenvalue weighted by Crippen LogP contribution is -2.41. The minimum atomic E-state index is -0.934. The number of nitrogens with zero attached hydrogens (tertiary/aromatic N) is 2. The molecule has 0 saturated heterocycles. The summed E-state index contributed by atoms with van der Waals surface area (Å²) < 4.78 is 14.7. The van der Waals surface area contributed by atoms with E-state index in [1.165, 1.54) is 19.2 Å². The van der Waals surface area contributed by atoms with Gasteiger partial charge in [-0.05, 0) is 24.3 Å². The van der Waals surface area contributed by atoms with E-state index in [9.17, 15) is 18.8 Å². The number of benzene rings is 1. The zero-order valence-corrected chi connectivity index (χ0v) is 9.96. The Balaban J connectivity index is 2.83. The fourth-order valence-corrected chi connectivity index (χ4v) is 1.66. The number of carbonyl (C=O) groups excluding carboxylic acids is 1. The number of aromatic nitrogens is 2. The van der Waals surface area contributed by atoms with Crippen molar-refractivity contribution in [3.05, 3.63) is 62.7 Å². The van der Waals surface area contributed by atoms with E-state index < -0.39 is 23.0 Å². The highest BCUT2D eigenvalue weighted by atomic mass is 19.1. The summed E-state index contributed by atoms with van der Waals surface area (Å²) in [6, 6.07) is 4.75. The summed E-state index contributed by atoms with van der Waals surface area (Å²) >= 11 is 0. The first-order valence-electron chi connectivity index (χ1n) is 5.30. The van der Waals surface area contributed by atoms with Gasteiger partial charge in [0.15, 0.2) is 0 Å². The Hall–Kier alpha value is -2.70. The van der Waals surface area contributed by atoms with Crippen LogP contribution in [0.25, 0.3) is 5.69 Å². The van der Waals surface area contributed by atoms with E-state index >= 15 is 0 Å². The van der Waals surface area contributed by atoms with E-state index in [1.807, 2.05) is 0 Å². The molecule has 1 heterocycles. The van der Waals surface area contributed by atoms with E-state index in [2.05, 4.69) is 0 Å². The summed E-state index contributed by atoms with van der Waals surface area (Å²) in [6.45, 7) is 0. The molecule has 1 aromatic heterocycles. The van der Waals surface area contributed by atoms with Gasteiger partial charge in [0.05, 0.1) is 5.69 Å². The molecule has 0 radical (unpaired) electrons. The minimum Gasteiger partial charge on any atom is -0.365 e. The molecule has 0 spiro atoms. The fourth-order valence-electron chi connectivity index (χ4n) is 1.66. The van der Waals surface area contributed by atoms with Crippen LogP contribution in [0.4, 0.5) is 4.39 Å². The van der Waals surface area contributed by atoms with Gasteiger partial charge >= 0.3 is 5.69 Å². The SMILES string of the molecule is Cn1cc(C(N)=O)c(=O)n(-c2ccc(F)cc2)c1=O. The van der Waals surface area contributed by atoms with Gasteiger partial charge in [0.25, 0.3) is 11.5 Å². The molecule has 2 N–H and O–H groups in total. The summed E-state index contributed by atoms with van der Waals surface area (Å²) in [5, 5.41) is 0. The van der Waals surface area contributed by atoms with Gasteiger partial charge in [0.1, 0.15) is 11.4 Å². The molecule has 2 aromatic rings. The van der Waals surface area contributed by atoms with Gasteiger partial charge < -0.3 is 10.3 Å². The van der Waals surface area contributed by atoms with Crippen LogP contribution in [0.2, 0.25) is 0 Å². The van der Waals surface area contributed by atoms with E-state index in [0.717, 1.165) is 27.5 Å². The zero-order valence-electron chi connectivity index (χ0n) is 9.96. The Kier molecular flexibility index (Phi) is 3.04. The van der Waals surface area contributed by atoms with Crippen LogP contribution < -0.4 is 17.0 Å². The maximum atomic E-state index is 12.8. The van der Waals surface area contributed by atoms with Crippen LogP contribution in [0.3, 0.4) is 0 Å². The van der Waals surface area contributed by atoms with Crippen LogP contribution in [0, 0.1) is 5.82 Å². The van der Waals surface area contributed by atoms with E-state index in [-0.39, 0.29) is 11.3 Å². The number of primary amides is 1. The molecular formula is C12H10FN3O3. The molecule has 6 nitrogen and oxygen atoms in total. The second-order valence-electron chi connectivity index (χ2n) is 3.92. The maximum absolute atomic E-state index is 12.8. The third-order valence-electron chi connectivity index (χ3n) is 2.60. The first-order chi connectivity index (χ1) is 8.91. The van der Waals surface area contributed by atoms with Crippen LogP contribution in [-0.4, -0.2) is 15.0 Å². The lowest BCUT2D eigenvalue weighted by molar-refractivity contribution is 0.0997. The van der Waals surface area contributed by atoms with Gasteiger partial charge in [0, 0.05) is 13.2 Å². The van der Waals surface area contributed by atoms with Crippen LogP contribution in [0.1, 0.15) is 10.4 Å². The van der Waals surface area contributed by atoms with Crippen LogP contribution in [0.15, 0.2) is 40.1 Å². The number of hydrogen-bond acceptors (Lipinski definition) is 3. The highest BCUT2D eigenvalue weighted by Gasteiger charge is 2.14. The van der Waals surface area contributed by atoms with Crippen molar-refractivity contribution in [1.29, 1.82) is 0 Å². The first-order valence-corrected chi connectivity index (χ1v) is 5.30. The molecule has 7 heteroatoms. The molecule has 0 fully saturated rings. The summed E-state index contributed by atoms with van der Waals surface area (Å²) in [4.78, 5) is 35.1. The van der Waals surface area contributed by atoms with Gasteiger partial charge in [-0.15, -0.1) is 0 Å². The lowest BCUT2D eigenvalue weighted by atomic mass is 10.2. The molecule has 0 saturated carbocycles. The Labute approximate surface area is 106 Å². The number of rotatable bonds is 2. The average Bonchev–Trinajstić information content (AvgIpc) is 2.36. The molecule has 0 bridgehead atoms. The lowest BCUT2D eigenvalue weighted by Gasteiger charge is -2.08. The predicted octanol–water partition coefficient (Wildman–Crippen LogP) is -0.226. The molecule has 0 atom stereocenters. The van der Waals surface area contributed by atoms with Crippen molar-refractivity contribution in [3.8, 4) is 5.69 Å². The smallest absolute Gasteiger partial charge is 0.335 e. The Morgan fingerprint density at radius 1 is 1.21 bits per heavy atom. The Bertz CT molecular complexity index is 759. The number of carbonyl (C=O) groups is 1. The van der Waals surface area contributed by atoms with Gasteiger partial charge in [-0.3, -0.25) is 9.59 Å². The van der Waals surface area contributed by atoms with Gasteiger partial charge in [0.2, 0.25) is 0 Å². The molecule has 0 aliphatic carbocycles. The highest BCUT2D eigenvalue weighted by molar-refractivity contribution is 5.92. The van der Waals surface area contributed by atoms with Crippen molar-refractivity contribution in [3.63, 3.8) is 0 Å². The Morgan fingerprint density at radius 2 is 1.79 bits per heavy atom. The van der Waals surface area contributed by atoms with Crippen LogP contribution in [0.5, 0.6) is 0 Å². The molecule has 98 valence electrons. The molecule has 0 aliphatic heterocycles. The van der Waals surface area contributed by atoms with Crippen molar-refractivity contribution in [2.45, 2.75) is 0 Å². The molecule has 0 aliphatic rings. The number of hydrogen-bond donors (Lipinski definition) is 1. The maximum Gasteiger partial charge on any atom is 0.335 e. The number of aryl methyl sites for hydroxylation is 1. The van der Waals surface area contributed by atoms with Crippen molar-refractivity contribution in [2.75, 3.05) is 0 Å². The molecular weight excluding hydrogens is 253 g/mol. The summed E-state index contributed by atoms with van der Waals surface area (Å²) in [5.74, 6) is -1.43.